The highest BCUT2D eigenvalue weighted by Gasteiger charge is 2.19. The molecule has 1 amide bonds. The summed E-state index contributed by atoms with van der Waals surface area (Å²) in [6.45, 7) is 9.82. The molecule has 3 heteroatoms. The van der Waals surface area contributed by atoms with Crippen molar-refractivity contribution >= 4 is 12.2 Å². The zero-order valence-electron chi connectivity index (χ0n) is 11.6. The minimum Gasteiger partial charge on any atom is -0.444 e. The van der Waals surface area contributed by atoms with E-state index in [1.807, 2.05) is 45.0 Å². The van der Waals surface area contributed by atoms with Gasteiger partial charge in [0.25, 0.3) is 0 Å². The van der Waals surface area contributed by atoms with Crippen LogP contribution in [0.15, 0.2) is 30.8 Å². The normalized spacial score (nSPS) is 10.9. The van der Waals surface area contributed by atoms with Gasteiger partial charge in [0.2, 0.25) is 0 Å². The first-order chi connectivity index (χ1) is 8.31. The lowest BCUT2D eigenvalue weighted by Crippen LogP contribution is -2.33. The van der Waals surface area contributed by atoms with Crippen LogP contribution in [0.4, 0.5) is 4.79 Å². The maximum Gasteiger partial charge on any atom is 0.410 e. The molecule has 0 N–H and O–H groups in total. The van der Waals surface area contributed by atoms with Gasteiger partial charge in [-0.2, -0.15) is 0 Å². The highest BCUT2D eigenvalue weighted by Crippen LogP contribution is 2.12. The minimum atomic E-state index is -0.460. The molecular formula is C15H21NO2. The number of nitrogens with zero attached hydrogens (tertiary/aromatic N) is 1. The van der Waals surface area contributed by atoms with Crippen LogP contribution in [-0.2, 0) is 11.3 Å². The number of hydrogen-bond acceptors (Lipinski definition) is 2. The topological polar surface area (TPSA) is 29.5 Å². The molecule has 0 fully saturated rings. The molecule has 0 spiro atoms. The van der Waals surface area contributed by atoms with Gasteiger partial charge in [0.1, 0.15) is 5.60 Å². The van der Waals surface area contributed by atoms with Crippen LogP contribution in [-0.4, -0.2) is 23.6 Å². The summed E-state index contributed by atoms with van der Waals surface area (Å²) in [7, 11) is 1.73. The van der Waals surface area contributed by atoms with Crippen molar-refractivity contribution in [3.8, 4) is 0 Å². The molecule has 1 rings (SSSR count). The molecule has 0 atom stereocenters. The summed E-state index contributed by atoms with van der Waals surface area (Å²) >= 11 is 0. The van der Waals surface area contributed by atoms with Crippen LogP contribution in [0.1, 0.15) is 31.9 Å². The van der Waals surface area contributed by atoms with Crippen LogP contribution in [0, 0.1) is 0 Å². The van der Waals surface area contributed by atoms with Crippen LogP contribution < -0.4 is 0 Å². The monoisotopic (exact) mass is 247 g/mol. The Bertz CT molecular complexity index is 415. The van der Waals surface area contributed by atoms with Gasteiger partial charge in [0, 0.05) is 13.6 Å². The van der Waals surface area contributed by atoms with Crippen LogP contribution in [0.25, 0.3) is 6.08 Å². The van der Waals surface area contributed by atoms with Crippen LogP contribution in [0.3, 0.4) is 0 Å². The molecule has 98 valence electrons. The Hall–Kier alpha value is -1.77. The zero-order valence-corrected chi connectivity index (χ0v) is 11.6. The van der Waals surface area contributed by atoms with Gasteiger partial charge in [0.15, 0.2) is 0 Å². The summed E-state index contributed by atoms with van der Waals surface area (Å²) in [5.74, 6) is 0. The average Bonchev–Trinajstić information content (AvgIpc) is 2.27. The zero-order chi connectivity index (χ0) is 13.8. The Kier molecular flexibility index (Phi) is 4.54. The molecule has 0 heterocycles. The lowest BCUT2D eigenvalue weighted by Gasteiger charge is -2.24. The van der Waals surface area contributed by atoms with E-state index in [-0.39, 0.29) is 6.09 Å². The smallest absolute Gasteiger partial charge is 0.410 e. The molecule has 0 bridgehead atoms. The first-order valence-electron chi connectivity index (χ1n) is 5.97. The van der Waals surface area contributed by atoms with Crippen molar-refractivity contribution in [3.05, 3.63) is 42.0 Å². The third kappa shape index (κ3) is 4.62. The summed E-state index contributed by atoms with van der Waals surface area (Å²) in [5.41, 5.74) is 1.67. The molecule has 0 aliphatic rings. The number of carbonyl (C=O) groups is 1. The first-order valence-corrected chi connectivity index (χ1v) is 5.97. The largest absolute Gasteiger partial charge is 0.444 e. The highest BCUT2D eigenvalue weighted by atomic mass is 16.6. The summed E-state index contributed by atoms with van der Waals surface area (Å²) in [4.78, 5) is 13.3. The summed E-state index contributed by atoms with van der Waals surface area (Å²) < 4.78 is 5.29. The number of ether oxygens (including phenoxy) is 1. The van der Waals surface area contributed by atoms with Crippen molar-refractivity contribution in [2.45, 2.75) is 32.9 Å². The number of hydrogen-bond donors (Lipinski definition) is 0. The van der Waals surface area contributed by atoms with Gasteiger partial charge in [-0.1, -0.05) is 36.9 Å². The SMILES string of the molecule is C=Cc1ccc(CN(C)C(=O)OC(C)(C)C)cc1. The number of rotatable bonds is 3. The van der Waals surface area contributed by atoms with Gasteiger partial charge in [-0.25, -0.2) is 4.79 Å². The van der Waals surface area contributed by atoms with Crippen molar-refractivity contribution < 1.29 is 9.53 Å². The molecule has 0 saturated carbocycles. The van der Waals surface area contributed by atoms with E-state index in [0.717, 1.165) is 11.1 Å². The second-order valence-electron chi connectivity index (χ2n) is 5.28. The third-order valence-corrected chi connectivity index (χ3v) is 2.34. The Morgan fingerprint density at radius 3 is 2.33 bits per heavy atom. The number of benzene rings is 1. The molecule has 1 aromatic rings. The predicted molar refractivity (Wildman–Crippen MR) is 74.2 cm³/mol. The fourth-order valence-corrected chi connectivity index (χ4v) is 1.44. The molecule has 0 aliphatic heterocycles. The van der Waals surface area contributed by atoms with Crippen molar-refractivity contribution in [2.24, 2.45) is 0 Å². The lowest BCUT2D eigenvalue weighted by atomic mass is 10.1. The average molecular weight is 247 g/mol. The number of amides is 1. The second kappa shape index (κ2) is 5.71. The van der Waals surface area contributed by atoms with Gasteiger partial charge in [-0.3, -0.25) is 0 Å². The highest BCUT2D eigenvalue weighted by molar-refractivity contribution is 5.67. The summed E-state index contributed by atoms with van der Waals surface area (Å²) in [6, 6.07) is 7.92. The van der Waals surface area contributed by atoms with E-state index in [2.05, 4.69) is 6.58 Å². The molecule has 0 aromatic heterocycles. The van der Waals surface area contributed by atoms with Crippen molar-refractivity contribution in [1.82, 2.24) is 4.90 Å². The Labute approximate surface area is 109 Å². The Morgan fingerprint density at radius 1 is 1.33 bits per heavy atom. The molecule has 1 aromatic carbocycles. The molecular weight excluding hydrogens is 226 g/mol. The van der Waals surface area contributed by atoms with E-state index in [0.29, 0.717) is 6.54 Å². The van der Waals surface area contributed by atoms with Gasteiger partial charge in [-0.15, -0.1) is 0 Å². The Balaban J connectivity index is 2.60. The van der Waals surface area contributed by atoms with E-state index >= 15 is 0 Å². The summed E-state index contributed by atoms with van der Waals surface area (Å²) in [6.07, 6.45) is 1.48. The fraction of sp³-hybridized carbons (Fsp3) is 0.400. The van der Waals surface area contributed by atoms with Gasteiger partial charge >= 0.3 is 6.09 Å². The van der Waals surface area contributed by atoms with Crippen molar-refractivity contribution in [2.75, 3.05) is 7.05 Å². The molecule has 0 radical (unpaired) electrons. The molecule has 0 aliphatic carbocycles. The van der Waals surface area contributed by atoms with Gasteiger partial charge in [0.05, 0.1) is 0 Å². The second-order valence-corrected chi connectivity index (χ2v) is 5.28. The van der Waals surface area contributed by atoms with E-state index in [4.69, 9.17) is 4.74 Å². The molecule has 18 heavy (non-hydrogen) atoms. The van der Waals surface area contributed by atoms with Crippen LogP contribution in [0.5, 0.6) is 0 Å². The predicted octanol–water partition coefficient (Wildman–Crippen LogP) is 3.70. The van der Waals surface area contributed by atoms with E-state index in [1.165, 1.54) is 0 Å². The molecule has 0 unspecified atom stereocenters. The number of carbonyl (C=O) groups excluding carboxylic acids is 1. The lowest BCUT2D eigenvalue weighted by molar-refractivity contribution is 0.0285. The van der Waals surface area contributed by atoms with Crippen molar-refractivity contribution in [3.63, 3.8) is 0 Å². The van der Waals surface area contributed by atoms with E-state index in [9.17, 15) is 4.79 Å². The van der Waals surface area contributed by atoms with E-state index in [1.54, 1.807) is 18.0 Å². The van der Waals surface area contributed by atoms with Gasteiger partial charge in [-0.05, 0) is 31.9 Å². The maximum absolute atomic E-state index is 11.8. The summed E-state index contributed by atoms with van der Waals surface area (Å²) in [5, 5.41) is 0. The van der Waals surface area contributed by atoms with Crippen LogP contribution >= 0.6 is 0 Å². The Morgan fingerprint density at radius 2 is 1.89 bits per heavy atom. The first kappa shape index (κ1) is 14.3. The molecule has 0 saturated heterocycles. The van der Waals surface area contributed by atoms with Crippen molar-refractivity contribution in [1.29, 1.82) is 0 Å². The third-order valence-electron chi connectivity index (χ3n) is 2.34. The van der Waals surface area contributed by atoms with Gasteiger partial charge < -0.3 is 9.64 Å². The van der Waals surface area contributed by atoms with Crippen LogP contribution in [0.2, 0.25) is 0 Å². The fourth-order valence-electron chi connectivity index (χ4n) is 1.44. The quantitative estimate of drug-likeness (QED) is 0.815. The molecule has 3 nitrogen and oxygen atoms in total. The maximum atomic E-state index is 11.8. The van der Waals surface area contributed by atoms with E-state index < -0.39 is 5.60 Å². The minimum absolute atomic E-state index is 0.310. The standard InChI is InChI=1S/C15H21NO2/c1-6-12-7-9-13(10-8-12)11-16(5)14(17)18-15(2,3)4/h6-10H,1,11H2,2-5H3.